The molecule has 0 aromatic rings. The SMILES string of the molecule is FCC(F)C[SiH2]CCC[SiH2]CC(F)CF. The molecule has 2 atom stereocenters. The monoisotopic (exact) mass is 260 g/mol. The van der Waals surface area contributed by atoms with Gasteiger partial charge in [0.25, 0.3) is 0 Å². The first-order valence-corrected chi connectivity index (χ1v) is 9.60. The molecule has 0 amide bonds. The summed E-state index contributed by atoms with van der Waals surface area (Å²) in [5.41, 5.74) is 0. The van der Waals surface area contributed by atoms with Crippen LogP contribution in [0.4, 0.5) is 17.6 Å². The second-order valence-electron chi connectivity index (χ2n) is 3.85. The third kappa shape index (κ3) is 10.4. The molecule has 0 radical (unpaired) electrons. The summed E-state index contributed by atoms with van der Waals surface area (Å²) in [5.74, 6) is 0. The van der Waals surface area contributed by atoms with Gasteiger partial charge in [0, 0.05) is 19.0 Å². The van der Waals surface area contributed by atoms with Crippen LogP contribution >= 0.6 is 0 Å². The molecule has 0 aliphatic carbocycles. The predicted molar refractivity (Wildman–Crippen MR) is 62.7 cm³/mol. The Kier molecular flexibility index (Phi) is 10.8. The molecule has 0 heterocycles. The van der Waals surface area contributed by atoms with Gasteiger partial charge in [0.05, 0.1) is 0 Å². The molecular formula is C9H20F4Si2. The van der Waals surface area contributed by atoms with Gasteiger partial charge in [-0.2, -0.15) is 0 Å². The van der Waals surface area contributed by atoms with Gasteiger partial charge in [0.2, 0.25) is 0 Å². The molecule has 0 rings (SSSR count). The van der Waals surface area contributed by atoms with Crippen LogP contribution in [0.25, 0.3) is 0 Å². The summed E-state index contributed by atoms with van der Waals surface area (Å²) in [6, 6.07) is 2.88. The van der Waals surface area contributed by atoms with Crippen molar-refractivity contribution in [3.05, 3.63) is 0 Å². The first-order chi connectivity index (χ1) is 7.20. The highest BCUT2D eigenvalue weighted by atomic mass is 28.2. The Balaban J connectivity index is 3.05. The van der Waals surface area contributed by atoms with Crippen LogP contribution in [0.5, 0.6) is 0 Å². The molecule has 6 heteroatoms. The van der Waals surface area contributed by atoms with Gasteiger partial charge in [-0.25, -0.2) is 17.6 Å². The maximum Gasteiger partial charge on any atom is 0.126 e. The molecule has 92 valence electrons. The fraction of sp³-hybridized carbons (Fsp3) is 1.00. The maximum atomic E-state index is 12.4. The standard InChI is InChI=1S/C9H20F4Si2/c10-4-8(12)6-14-2-1-3-15-7-9(13)5-11/h8-9H,1-7,14-15H2. The molecule has 0 N–H and O–H groups in total. The summed E-state index contributed by atoms with van der Waals surface area (Å²) in [6.45, 7) is -1.72. The van der Waals surface area contributed by atoms with E-state index in [1.54, 1.807) is 0 Å². The van der Waals surface area contributed by atoms with E-state index in [1.165, 1.54) is 0 Å². The molecular weight excluding hydrogens is 240 g/mol. The number of hydrogen-bond acceptors (Lipinski definition) is 0. The fourth-order valence-corrected chi connectivity index (χ4v) is 5.31. The summed E-state index contributed by atoms with van der Waals surface area (Å²) in [4.78, 5) is 0. The zero-order chi connectivity index (χ0) is 11.5. The molecule has 0 aromatic heterocycles. The minimum absolute atomic E-state index is 0.425. The van der Waals surface area contributed by atoms with Crippen molar-refractivity contribution in [2.75, 3.05) is 13.3 Å². The van der Waals surface area contributed by atoms with Crippen molar-refractivity contribution in [1.29, 1.82) is 0 Å². The van der Waals surface area contributed by atoms with E-state index >= 15 is 0 Å². The Morgan fingerprint density at radius 2 is 1.20 bits per heavy atom. The van der Waals surface area contributed by atoms with Crippen LogP contribution in [0, 0.1) is 0 Å². The summed E-state index contributed by atoms with van der Waals surface area (Å²) in [6.07, 6.45) is -1.50. The smallest absolute Gasteiger partial charge is 0.126 e. The van der Waals surface area contributed by atoms with Crippen LogP contribution < -0.4 is 0 Å². The first kappa shape index (κ1) is 15.2. The van der Waals surface area contributed by atoms with Gasteiger partial charge in [-0.05, 0) is 12.1 Å². The lowest BCUT2D eigenvalue weighted by molar-refractivity contribution is 0.281. The quantitative estimate of drug-likeness (QED) is 0.320. The summed E-state index contributed by atoms with van der Waals surface area (Å²) in [5, 5.41) is 0. The van der Waals surface area contributed by atoms with Gasteiger partial charge in [0.15, 0.2) is 0 Å². The van der Waals surface area contributed by atoms with Crippen molar-refractivity contribution >= 4 is 19.0 Å². The molecule has 2 unspecified atom stereocenters. The van der Waals surface area contributed by atoms with Gasteiger partial charge in [-0.15, -0.1) is 0 Å². The van der Waals surface area contributed by atoms with Crippen molar-refractivity contribution in [1.82, 2.24) is 0 Å². The topological polar surface area (TPSA) is 0 Å². The third-order valence-corrected chi connectivity index (χ3v) is 6.44. The second-order valence-corrected chi connectivity index (χ2v) is 7.83. The lowest BCUT2D eigenvalue weighted by atomic mass is 10.5. The Hall–Kier alpha value is 0.154. The molecule has 0 aromatic carbocycles. The molecule has 0 aliphatic rings. The summed E-state index contributed by atoms with van der Waals surface area (Å²) >= 11 is 0. The predicted octanol–water partition coefficient (Wildman–Crippen LogP) is 2.00. The maximum absolute atomic E-state index is 12.4. The molecule has 0 bridgehead atoms. The zero-order valence-corrected chi connectivity index (χ0v) is 11.9. The van der Waals surface area contributed by atoms with Crippen LogP contribution in [-0.4, -0.2) is 44.7 Å². The number of halogens is 4. The molecule has 0 aliphatic heterocycles. The highest BCUT2D eigenvalue weighted by Crippen LogP contribution is 2.06. The highest BCUT2D eigenvalue weighted by molar-refractivity contribution is 6.37. The molecule has 15 heavy (non-hydrogen) atoms. The van der Waals surface area contributed by atoms with E-state index < -0.39 is 44.7 Å². The summed E-state index contributed by atoms with van der Waals surface area (Å²) < 4.78 is 48.3. The first-order valence-electron chi connectivity index (χ1n) is 5.60. The molecule has 0 saturated carbocycles. The molecule has 0 spiro atoms. The largest absolute Gasteiger partial charge is 0.248 e. The van der Waals surface area contributed by atoms with Gasteiger partial charge < -0.3 is 0 Å². The third-order valence-electron chi connectivity index (χ3n) is 2.37. The fourth-order valence-electron chi connectivity index (χ4n) is 1.42. The minimum Gasteiger partial charge on any atom is -0.248 e. The van der Waals surface area contributed by atoms with E-state index in [2.05, 4.69) is 0 Å². The number of alkyl halides is 4. The number of hydrogen-bond donors (Lipinski definition) is 0. The Labute approximate surface area is 93.5 Å². The average molecular weight is 260 g/mol. The van der Waals surface area contributed by atoms with E-state index in [-0.39, 0.29) is 0 Å². The van der Waals surface area contributed by atoms with Crippen LogP contribution in [-0.2, 0) is 0 Å². The highest BCUT2D eigenvalue weighted by Gasteiger charge is 2.06. The minimum atomic E-state index is -1.25. The van der Waals surface area contributed by atoms with Gasteiger partial charge in [0.1, 0.15) is 25.7 Å². The van der Waals surface area contributed by atoms with E-state index in [0.29, 0.717) is 12.1 Å². The van der Waals surface area contributed by atoms with Crippen molar-refractivity contribution in [3.63, 3.8) is 0 Å². The van der Waals surface area contributed by atoms with Gasteiger partial charge in [-0.3, -0.25) is 0 Å². The normalized spacial score (nSPS) is 16.8. The summed E-state index contributed by atoms with van der Waals surface area (Å²) in [7, 11) is -0.921. The van der Waals surface area contributed by atoms with Crippen LogP contribution in [0.15, 0.2) is 0 Å². The van der Waals surface area contributed by atoms with E-state index in [1.807, 2.05) is 0 Å². The molecule has 0 nitrogen and oxygen atoms in total. The second kappa shape index (κ2) is 10.7. The zero-order valence-electron chi connectivity index (χ0n) is 9.03. The Bertz CT molecular complexity index is 123. The van der Waals surface area contributed by atoms with Gasteiger partial charge >= 0.3 is 0 Å². The lowest BCUT2D eigenvalue weighted by Gasteiger charge is -2.03. The average Bonchev–Trinajstić information content (AvgIpc) is 2.26. The van der Waals surface area contributed by atoms with E-state index in [0.717, 1.165) is 18.5 Å². The van der Waals surface area contributed by atoms with Crippen LogP contribution in [0.2, 0.25) is 24.2 Å². The molecule has 0 saturated heterocycles. The van der Waals surface area contributed by atoms with Gasteiger partial charge in [-0.1, -0.05) is 18.5 Å². The van der Waals surface area contributed by atoms with Crippen LogP contribution in [0.1, 0.15) is 6.42 Å². The van der Waals surface area contributed by atoms with Crippen molar-refractivity contribution in [2.24, 2.45) is 0 Å². The Morgan fingerprint density at radius 1 is 0.800 bits per heavy atom. The Morgan fingerprint density at radius 3 is 1.53 bits per heavy atom. The van der Waals surface area contributed by atoms with Crippen LogP contribution in [0.3, 0.4) is 0 Å². The van der Waals surface area contributed by atoms with Crippen molar-refractivity contribution in [3.8, 4) is 0 Å². The molecule has 0 fully saturated rings. The van der Waals surface area contributed by atoms with Crippen molar-refractivity contribution < 1.29 is 17.6 Å². The van der Waals surface area contributed by atoms with E-state index in [9.17, 15) is 17.6 Å². The van der Waals surface area contributed by atoms with E-state index in [4.69, 9.17) is 0 Å². The number of rotatable bonds is 10. The lowest BCUT2D eigenvalue weighted by Crippen LogP contribution is -2.07. The van der Waals surface area contributed by atoms with Crippen molar-refractivity contribution in [2.45, 2.75) is 42.9 Å².